The normalized spacial score (nSPS) is 11.2. The zero-order valence-corrected chi connectivity index (χ0v) is 12.4. The molecule has 0 saturated heterocycles. The zero-order valence-electron chi connectivity index (χ0n) is 10.8. The Labute approximate surface area is 116 Å². The number of halogens is 1. The fourth-order valence-electron chi connectivity index (χ4n) is 1.74. The van der Waals surface area contributed by atoms with Crippen LogP contribution in [-0.4, -0.2) is 20.8 Å². The molecule has 1 N–H and O–H groups in total. The van der Waals surface area contributed by atoms with Crippen LogP contribution in [-0.2, 0) is 6.54 Å². The molecule has 0 radical (unpaired) electrons. The zero-order chi connectivity index (χ0) is 13.1. The molecule has 0 saturated carbocycles. The number of hydrogen-bond donors (Lipinski definition) is 1. The minimum atomic E-state index is 0.432. The van der Waals surface area contributed by atoms with Crippen LogP contribution in [0.1, 0.15) is 25.2 Å². The van der Waals surface area contributed by atoms with E-state index in [-0.39, 0.29) is 0 Å². The molecule has 96 valence electrons. The van der Waals surface area contributed by atoms with Gasteiger partial charge in [-0.15, -0.1) is 0 Å². The number of benzene rings is 1. The Morgan fingerprint density at radius 3 is 2.83 bits per heavy atom. The van der Waals surface area contributed by atoms with E-state index in [0.29, 0.717) is 12.6 Å². The van der Waals surface area contributed by atoms with Crippen LogP contribution in [0.2, 0.25) is 0 Å². The third-order valence-corrected chi connectivity index (χ3v) is 3.17. The summed E-state index contributed by atoms with van der Waals surface area (Å²) in [5.41, 5.74) is 2.23. The Morgan fingerprint density at radius 1 is 1.39 bits per heavy atom. The Kier molecular flexibility index (Phi) is 4.14. The van der Waals surface area contributed by atoms with Gasteiger partial charge in [0.25, 0.3) is 0 Å². The average molecular weight is 309 g/mol. The van der Waals surface area contributed by atoms with Crippen LogP contribution in [0, 0.1) is 6.92 Å². The highest BCUT2D eigenvalue weighted by atomic mass is 79.9. The molecule has 5 heteroatoms. The van der Waals surface area contributed by atoms with Gasteiger partial charge in [-0.05, 0) is 30.7 Å². The third-order valence-electron chi connectivity index (χ3n) is 2.67. The van der Waals surface area contributed by atoms with Gasteiger partial charge in [-0.3, -0.25) is 0 Å². The van der Waals surface area contributed by atoms with Crippen LogP contribution in [0.3, 0.4) is 0 Å². The molecule has 4 nitrogen and oxygen atoms in total. The number of nitrogens with one attached hydrogen (secondary N) is 1. The van der Waals surface area contributed by atoms with Crippen molar-refractivity contribution in [2.45, 2.75) is 33.4 Å². The molecule has 0 aliphatic heterocycles. The van der Waals surface area contributed by atoms with E-state index in [1.54, 1.807) is 6.33 Å². The van der Waals surface area contributed by atoms with Crippen LogP contribution in [0.15, 0.2) is 29.0 Å². The van der Waals surface area contributed by atoms with Crippen LogP contribution in [0.4, 0.5) is 0 Å². The molecule has 2 rings (SSSR count). The number of aryl methyl sites for hydroxylation is 1. The Bertz CT molecular complexity index is 534. The lowest BCUT2D eigenvalue weighted by atomic mass is 10.2. The highest BCUT2D eigenvalue weighted by molar-refractivity contribution is 9.10. The van der Waals surface area contributed by atoms with Gasteiger partial charge in [0.2, 0.25) is 0 Å². The van der Waals surface area contributed by atoms with Crippen molar-refractivity contribution in [2.75, 3.05) is 0 Å². The first-order chi connectivity index (χ1) is 8.58. The van der Waals surface area contributed by atoms with E-state index in [9.17, 15) is 0 Å². The molecule has 0 amide bonds. The largest absolute Gasteiger partial charge is 0.308 e. The summed E-state index contributed by atoms with van der Waals surface area (Å²) in [6, 6.07) is 6.58. The minimum absolute atomic E-state index is 0.432. The van der Waals surface area contributed by atoms with E-state index in [1.807, 2.05) is 16.8 Å². The van der Waals surface area contributed by atoms with Crippen molar-refractivity contribution in [3.05, 3.63) is 40.4 Å². The lowest BCUT2D eigenvalue weighted by Gasteiger charge is -2.11. The fraction of sp³-hybridized carbons (Fsp3) is 0.385. The van der Waals surface area contributed by atoms with Gasteiger partial charge < -0.3 is 5.32 Å². The predicted molar refractivity (Wildman–Crippen MR) is 75.8 cm³/mol. The van der Waals surface area contributed by atoms with Crippen LogP contribution in [0.25, 0.3) is 5.69 Å². The molecule has 0 aliphatic carbocycles. The number of aromatic nitrogens is 3. The smallest absolute Gasteiger partial charge is 0.146 e. The summed E-state index contributed by atoms with van der Waals surface area (Å²) in [7, 11) is 0. The first kappa shape index (κ1) is 13.2. The van der Waals surface area contributed by atoms with Crippen LogP contribution in [0.5, 0.6) is 0 Å². The first-order valence-corrected chi connectivity index (χ1v) is 6.76. The van der Waals surface area contributed by atoms with Crippen molar-refractivity contribution in [1.82, 2.24) is 20.1 Å². The van der Waals surface area contributed by atoms with E-state index < -0.39 is 0 Å². The molecule has 2 aromatic rings. The molecule has 0 fully saturated rings. The van der Waals surface area contributed by atoms with Gasteiger partial charge >= 0.3 is 0 Å². The molecular weight excluding hydrogens is 292 g/mol. The van der Waals surface area contributed by atoms with Crippen LogP contribution < -0.4 is 5.32 Å². The van der Waals surface area contributed by atoms with Gasteiger partial charge in [-0.2, -0.15) is 5.10 Å². The summed E-state index contributed by atoms with van der Waals surface area (Å²) in [6.07, 6.45) is 1.60. The molecule has 0 spiro atoms. The lowest BCUT2D eigenvalue weighted by molar-refractivity contribution is 0.563. The summed E-state index contributed by atoms with van der Waals surface area (Å²) >= 11 is 3.47. The molecule has 18 heavy (non-hydrogen) atoms. The highest BCUT2D eigenvalue weighted by Crippen LogP contribution is 2.19. The minimum Gasteiger partial charge on any atom is -0.308 e. The van der Waals surface area contributed by atoms with Gasteiger partial charge in [-0.25, -0.2) is 9.67 Å². The van der Waals surface area contributed by atoms with E-state index in [2.05, 4.69) is 58.2 Å². The second-order valence-electron chi connectivity index (χ2n) is 4.55. The second kappa shape index (κ2) is 5.63. The van der Waals surface area contributed by atoms with Gasteiger partial charge in [0.1, 0.15) is 12.2 Å². The van der Waals surface area contributed by atoms with Gasteiger partial charge in [-0.1, -0.05) is 29.8 Å². The molecule has 0 unspecified atom stereocenters. The summed E-state index contributed by atoms with van der Waals surface area (Å²) in [4.78, 5) is 4.31. The van der Waals surface area contributed by atoms with E-state index in [1.165, 1.54) is 5.56 Å². The Morgan fingerprint density at radius 2 is 2.17 bits per heavy atom. The maximum atomic E-state index is 4.31. The highest BCUT2D eigenvalue weighted by Gasteiger charge is 2.09. The molecule has 1 aromatic heterocycles. The standard InChI is InChI=1S/C13H17BrN4/c1-9(2)15-7-13-16-8-17-18(13)12-5-4-11(14)6-10(12)3/h4-6,8-9,15H,7H2,1-3H3. The molecule has 0 atom stereocenters. The Balaban J connectivity index is 2.30. The molecular formula is C13H17BrN4. The number of nitrogens with zero attached hydrogens (tertiary/aromatic N) is 3. The van der Waals surface area contributed by atoms with E-state index in [0.717, 1.165) is 16.0 Å². The summed E-state index contributed by atoms with van der Waals surface area (Å²) in [5, 5.41) is 7.66. The second-order valence-corrected chi connectivity index (χ2v) is 5.47. The SMILES string of the molecule is Cc1cc(Br)ccc1-n1ncnc1CNC(C)C. The molecule has 1 heterocycles. The quantitative estimate of drug-likeness (QED) is 0.944. The number of rotatable bonds is 4. The maximum Gasteiger partial charge on any atom is 0.146 e. The Hall–Kier alpha value is -1.20. The van der Waals surface area contributed by atoms with E-state index >= 15 is 0 Å². The monoisotopic (exact) mass is 308 g/mol. The van der Waals surface area contributed by atoms with Crippen molar-refractivity contribution in [2.24, 2.45) is 0 Å². The maximum absolute atomic E-state index is 4.31. The van der Waals surface area contributed by atoms with Crippen molar-refractivity contribution in [1.29, 1.82) is 0 Å². The molecule has 0 aliphatic rings. The predicted octanol–water partition coefficient (Wildman–Crippen LogP) is 2.84. The van der Waals surface area contributed by atoms with Crippen molar-refractivity contribution in [3.8, 4) is 5.69 Å². The van der Waals surface area contributed by atoms with E-state index in [4.69, 9.17) is 0 Å². The van der Waals surface area contributed by atoms with Crippen LogP contribution >= 0.6 is 15.9 Å². The van der Waals surface area contributed by atoms with Gasteiger partial charge in [0.15, 0.2) is 0 Å². The number of hydrogen-bond acceptors (Lipinski definition) is 3. The van der Waals surface area contributed by atoms with Gasteiger partial charge in [0.05, 0.1) is 12.2 Å². The summed E-state index contributed by atoms with van der Waals surface area (Å²) in [5.74, 6) is 0.925. The topological polar surface area (TPSA) is 42.7 Å². The fourth-order valence-corrected chi connectivity index (χ4v) is 2.21. The summed E-state index contributed by atoms with van der Waals surface area (Å²) < 4.78 is 2.96. The molecule has 0 bridgehead atoms. The van der Waals surface area contributed by atoms with Crippen molar-refractivity contribution < 1.29 is 0 Å². The summed E-state index contributed by atoms with van der Waals surface area (Å²) in [6.45, 7) is 7.02. The molecule has 1 aromatic carbocycles. The first-order valence-electron chi connectivity index (χ1n) is 5.96. The third kappa shape index (κ3) is 2.97. The van der Waals surface area contributed by atoms with Crippen molar-refractivity contribution in [3.63, 3.8) is 0 Å². The average Bonchev–Trinajstić information content (AvgIpc) is 2.74. The van der Waals surface area contributed by atoms with Gasteiger partial charge in [0, 0.05) is 10.5 Å². The van der Waals surface area contributed by atoms with Crippen molar-refractivity contribution >= 4 is 15.9 Å². The lowest BCUT2D eigenvalue weighted by Crippen LogP contribution is -2.24.